The third kappa shape index (κ3) is 4.45. The summed E-state index contributed by atoms with van der Waals surface area (Å²) in [7, 11) is 0. The van der Waals surface area contributed by atoms with Crippen LogP contribution in [0.2, 0.25) is 5.02 Å². The first-order chi connectivity index (χ1) is 9.97. The second-order valence-electron chi connectivity index (χ2n) is 5.27. The van der Waals surface area contributed by atoms with Crippen molar-refractivity contribution in [2.45, 2.75) is 19.8 Å². The molecule has 2 nitrogen and oxygen atoms in total. The summed E-state index contributed by atoms with van der Waals surface area (Å²) in [4.78, 5) is 12.6. The second-order valence-corrected chi connectivity index (χ2v) is 6.95. The third-order valence-corrected chi connectivity index (χ3v) is 4.26. The first-order valence-electron chi connectivity index (χ1n) is 6.79. The summed E-state index contributed by atoms with van der Waals surface area (Å²) < 4.78 is 1.14. The van der Waals surface area contributed by atoms with E-state index in [0.29, 0.717) is 5.02 Å². The number of hydrogen-bond acceptors (Lipinski definition) is 1. The molecule has 0 aliphatic rings. The molecule has 0 heterocycles. The Hall–Kier alpha value is -1.07. The van der Waals surface area contributed by atoms with Gasteiger partial charge >= 0.3 is 0 Å². The van der Waals surface area contributed by atoms with Crippen LogP contribution in [0.5, 0.6) is 0 Å². The Morgan fingerprint density at radius 1 is 1.05 bits per heavy atom. The maximum atomic E-state index is 12.6. The van der Waals surface area contributed by atoms with Crippen molar-refractivity contribution in [1.29, 1.82) is 0 Å². The molecule has 1 unspecified atom stereocenters. The van der Waals surface area contributed by atoms with Gasteiger partial charge in [0.1, 0.15) is 0 Å². The van der Waals surface area contributed by atoms with Gasteiger partial charge in [0.05, 0.1) is 5.92 Å². The number of halogens is 2. The maximum absolute atomic E-state index is 12.6. The number of nitrogens with one attached hydrogen (secondary N) is 1. The van der Waals surface area contributed by atoms with Crippen molar-refractivity contribution in [3.8, 4) is 0 Å². The molecule has 0 aromatic heterocycles. The average molecular weight is 414 g/mol. The number of amides is 1. The van der Waals surface area contributed by atoms with E-state index in [-0.39, 0.29) is 17.7 Å². The van der Waals surface area contributed by atoms with Gasteiger partial charge in [-0.3, -0.25) is 4.79 Å². The van der Waals surface area contributed by atoms with Crippen molar-refractivity contribution >= 4 is 45.8 Å². The van der Waals surface area contributed by atoms with Gasteiger partial charge < -0.3 is 5.32 Å². The molecule has 2 aromatic rings. The summed E-state index contributed by atoms with van der Waals surface area (Å²) in [6, 6.07) is 15.3. The van der Waals surface area contributed by atoms with Crippen LogP contribution in [0.3, 0.4) is 0 Å². The summed E-state index contributed by atoms with van der Waals surface area (Å²) in [6.45, 7) is 4.10. The summed E-state index contributed by atoms with van der Waals surface area (Å²) in [6.07, 6.45) is 0. The molecule has 4 heteroatoms. The van der Waals surface area contributed by atoms with E-state index in [2.05, 4.69) is 27.9 Å². The molecule has 1 N–H and O–H groups in total. The van der Waals surface area contributed by atoms with Crippen LogP contribution in [0.25, 0.3) is 0 Å². The van der Waals surface area contributed by atoms with E-state index in [4.69, 9.17) is 11.6 Å². The lowest BCUT2D eigenvalue weighted by Crippen LogP contribution is -2.25. The molecule has 0 bridgehead atoms. The Morgan fingerprint density at radius 3 is 2.14 bits per heavy atom. The summed E-state index contributed by atoms with van der Waals surface area (Å²) in [5, 5.41) is 3.67. The van der Waals surface area contributed by atoms with Gasteiger partial charge in [0, 0.05) is 14.3 Å². The van der Waals surface area contributed by atoms with Crippen molar-refractivity contribution in [2.24, 2.45) is 5.92 Å². The fraction of sp³-hybridized carbons (Fsp3) is 0.235. The minimum absolute atomic E-state index is 0.00790. The van der Waals surface area contributed by atoms with Crippen LogP contribution in [0, 0.1) is 9.49 Å². The monoisotopic (exact) mass is 413 g/mol. The predicted molar refractivity (Wildman–Crippen MR) is 96.8 cm³/mol. The number of rotatable bonds is 4. The van der Waals surface area contributed by atoms with Gasteiger partial charge in [0.25, 0.3) is 0 Å². The van der Waals surface area contributed by atoms with Crippen molar-refractivity contribution in [2.75, 3.05) is 5.32 Å². The summed E-state index contributed by atoms with van der Waals surface area (Å²) in [5.41, 5.74) is 1.80. The van der Waals surface area contributed by atoms with Gasteiger partial charge in [-0.25, -0.2) is 0 Å². The Kier molecular flexibility index (Phi) is 5.65. The fourth-order valence-corrected chi connectivity index (χ4v) is 2.75. The zero-order valence-corrected chi connectivity index (χ0v) is 14.9. The lowest BCUT2D eigenvalue weighted by molar-refractivity contribution is -0.118. The Morgan fingerprint density at radius 2 is 1.62 bits per heavy atom. The number of carbonyl (C=O) groups is 1. The molecule has 0 fully saturated rings. The van der Waals surface area contributed by atoms with Gasteiger partial charge in [-0.2, -0.15) is 0 Å². The van der Waals surface area contributed by atoms with Crippen molar-refractivity contribution in [1.82, 2.24) is 0 Å². The number of carbonyl (C=O) groups excluding carboxylic acids is 1. The fourth-order valence-electron chi connectivity index (χ4n) is 2.26. The first-order valence-corrected chi connectivity index (χ1v) is 8.25. The van der Waals surface area contributed by atoms with Gasteiger partial charge in [-0.05, 0) is 70.5 Å². The second kappa shape index (κ2) is 7.27. The highest BCUT2D eigenvalue weighted by Gasteiger charge is 2.24. The largest absolute Gasteiger partial charge is 0.326 e. The van der Waals surface area contributed by atoms with Crippen LogP contribution in [0.1, 0.15) is 25.3 Å². The third-order valence-electron chi connectivity index (χ3n) is 3.29. The van der Waals surface area contributed by atoms with E-state index in [0.717, 1.165) is 14.8 Å². The molecule has 0 saturated heterocycles. The van der Waals surface area contributed by atoms with Crippen LogP contribution < -0.4 is 5.32 Å². The van der Waals surface area contributed by atoms with E-state index >= 15 is 0 Å². The SMILES string of the molecule is CC(C)C(C(=O)Nc1ccc(I)cc1)c1ccc(Cl)cc1. The molecule has 0 aliphatic heterocycles. The maximum Gasteiger partial charge on any atom is 0.232 e. The molecule has 0 aliphatic carbocycles. The van der Waals surface area contributed by atoms with Crippen LogP contribution in [-0.4, -0.2) is 5.91 Å². The molecule has 0 spiro atoms. The summed E-state index contributed by atoms with van der Waals surface area (Å²) >= 11 is 8.16. The van der Waals surface area contributed by atoms with Crippen LogP contribution in [0.4, 0.5) is 5.69 Å². The highest BCUT2D eigenvalue weighted by atomic mass is 127. The van der Waals surface area contributed by atoms with E-state index in [9.17, 15) is 4.79 Å². The summed E-state index contributed by atoms with van der Waals surface area (Å²) in [5.74, 6) is 0.0186. The van der Waals surface area contributed by atoms with Crippen LogP contribution >= 0.6 is 34.2 Å². The lowest BCUT2D eigenvalue weighted by atomic mass is 9.87. The van der Waals surface area contributed by atoms with Gasteiger partial charge in [-0.1, -0.05) is 37.6 Å². The topological polar surface area (TPSA) is 29.1 Å². The molecule has 110 valence electrons. The molecule has 21 heavy (non-hydrogen) atoms. The molecule has 2 rings (SSSR count). The van der Waals surface area contributed by atoms with Crippen molar-refractivity contribution in [3.05, 3.63) is 62.7 Å². The molecule has 2 aromatic carbocycles. The molecular formula is C17H17ClINO. The minimum atomic E-state index is -0.193. The van der Waals surface area contributed by atoms with E-state index in [1.165, 1.54) is 0 Å². The zero-order chi connectivity index (χ0) is 15.4. The normalized spacial score (nSPS) is 12.2. The van der Waals surface area contributed by atoms with Crippen LogP contribution in [0.15, 0.2) is 48.5 Å². The Labute approximate surface area is 144 Å². The van der Waals surface area contributed by atoms with Gasteiger partial charge in [-0.15, -0.1) is 0 Å². The molecule has 0 saturated carbocycles. The van der Waals surface area contributed by atoms with E-state index in [1.54, 1.807) is 0 Å². The number of anilines is 1. The van der Waals surface area contributed by atoms with Gasteiger partial charge in [0.15, 0.2) is 0 Å². The molecule has 1 amide bonds. The number of hydrogen-bond donors (Lipinski definition) is 1. The van der Waals surface area contributed by atoms with E-state index in [1.807, 2.05) is 62.4 Å². The minimum Gasteiger partial charge on any atom is -0.326 e. The van der Waals surface area contributed by atoms with Crippen molar-refractivity contribution < 1.29 is 4.79 Å². The average Bonchev–Trinajstić information content (AvgIpc) is 2.43. The van der Waals surface area contributed by atoms with Crippen molar-refractivity contribution in [3.63, 3.8) is 0 Å². The highest BCUT2D eigenvalue weighted by molar-refractivity contribution is 14.1. The highest BCUT2D eigenvalue weighted by Crippen LogP contribution is 2.27. The lowest BCUT2D eigenvalue weighted by Gasteiger charge is -2.21. The predicted octanol–water partition coefficient (Wildman–Crippen LogP) is 5.32. The van der Waals surface area contributed by atoms with E-state index < -0.39 is 0 Å². The molecular weight excluding hydrogens is 397 g/mol. The standard InChI is InChI=1S/C17H17ClINO/c1-11(2)16(12-3-5-13(18)6-4-12)17(21)20-15-9-7-14(19)8-10-15/h3-11,16H,1-2H3,(H,20,21). The zero-order valence-electron chi connectivity index (χ0n) is 11.9. The Balaban J connectivity index is 2.19. The molecule has 0 radical (unpaired) electrons. The number of benzene rings is 2. The quantitative estimate of drug-likeness (QED) is 0.675. The van der Waals surface area contributed by atoms with Gasteiger partial charge in [0.2, 0.25) is 5.91 Å². The first kappa shape index (κ1) is 16.3. The van der Waals surface area contributed by atoms with Crippen LogP contribution in [-0.2, 0) is 4.79 Å². The Bertz CT molecular complexity index is 608. The smallest absolute Gasteiger partial charge is 0.232 e. The molecule has 1 atom stereocenters.